The molecule has 14 heavy (non-hydrogen) atoms. The molecule has 0 saturated carbocycles. The Hall–Kier alpha value is -0.430. The second-order valence-corrected chi connectivity index (χ2v) is 4.34. The van der Waals surface area contributed by atoms with Gasteiger partial charge in [-0.1, -0.05) is 0 Å². The van der Waals surface area contributed by atoms with Crippen LogP contribution in [0.1, 0.15) is 24.8 Å². The van der Waals surface area contributed by atoms with E-state index in [0.29, 0.717) is 0 Å². The number of aromatic nitrogens is 2. The van der Waals surface area contributed by atoms with Gasteiger partial charge in [-0.2, -0.15) is 0 Å². The van der Waals surface area contributed by atoms with E-state index in [0.717, 1.165) is 34.7 Å². The summed E-state index contributed by atoms with van der Waals surface area (Å²) in [5.41, 5.74) is 0. The molecule has 0 amide bonds. The summed E-state index contributed by atoms with van der Waals surface area (Å²) in [6.07, 6.45) is 4.06. The van der Waals surface area contributed by atoms with E-state index in [1.165, 1.54) is 0 Å². The number of rotatable bonds is 2. The lowest BCUT2D eigenvalue weighted by molar-refractivity contribution is 0.105. The number of nitrogens with one attached hydrogen (secondary N) is 1. The number of hydrogen-bond donors (Lipinski definition) is 1. The molecule has 4 nitrogen and oxygen atoms in total. The molecule has 1 aliphatic heterocycles. The summed E-state index contributed by atoms with van der Waals surface area (Å²) < 4.78 is 6.56. The molecule has 1 N–H and O–H groups in total. The third kappa shape index (κ3) is 1.98. The van der Waals surface area contributed by atoms with Crippen LogP contribution in [-0.4, -0.2) is 23.6 Å². The third-order valence-electron chi connectivity index (χ3n) is 2.22. The Kier molecular flexibility index (Phi) is 3.17. The average Bonchev–Trinajstić information content (AvgIpc) is 2.71. The molecular weight excluding hydrogens is 293 g/mol. The van der Waals surface area contributed by atoms with Gasteiger partial charge in [0.2, 0.25) is 0 Å². The molecule has 0 spiro atoms. The van der Waals surface area contributed by atoms with Crippen molar-refractivity contribution in [3.63, 3.8) is 0 Å². The summed E-state index contributed by atoms with van der Waals surface area (Å²) in [6.45, 7) is 0.828. The van der Waals surface area contributed by atoms with Gasteiger partial charge in [-0.3, -0.25) is 0 Å². The second-order valence-electron chi connectivity index (χ2n) is 3.18. The maximum atomic E-state index is 5.52. The second kappa shape index (κ2) is 4.39. The Morgan fingerprint density at radius 3 is 3.14 bits per heavy atom. The van der Waals surface area contributed by atoms with Gasteiger partial charge in [-0.05, 0) is 35.4 Å². The Labute approximate surface area is 96.6 Å². The molecule has 1 fully saturated rings. The van der Waals surface area contributed by atoms with Gasteiger partial charge in [0.05, 0.1) is 3.57 Å². The van der Waals surface area contributed by atoms with E-state index >= 15 is 0 Å². The quantitative estimate of drug-likeness (QED) is 0.849. The first-order valence-corrected chi connectivity index (χ1v) is 5.71. The van der Waals surface area contributed by atoms with Crippen molar-refractivity contribution < 1.29 is 4.74 Å². The lowest BCUT2D eigenvalue weighted by Crippen LogP contribution is -2.06. The largest absolute Gasteiger partial charge is 0.372 e. The maximum absolute atomic E-state index is 5.52. The molecule has 2 heterocycles. The van der Waals surface area contributed by atoms with Crippen molar-refractivity contribution in [3.8, 4) is 0 Å². The fourth-order valence-corrected chi connectivity index (χ4v) is 2.02. The van der Waals surface area contributed by atoms with Gasteiger partial charge in [0.1, 0.15) is 11.9 Å². The van der Waals surface area contributed by atoms with E-state index in [1.54, 1.807) is 0 Å². The highest BCUT2D eigenvalue weighted by atomic mass is 127. The van der Waals surface area contributed by atoms with Gasteiger partial charge in [-0.15, -0.1) is 0 Å². The van der Waals surface area contributed by atoms with Crippen LogP contribution in [0.15, 0.2) is 6.20 Å². The highest BCUT2D eigenvalue weighted by molar-refractivity contribution is 14.1. The fourth-order valence-electron chi connectivity index (χ4n) is 1.49. The van der Waals surface area contributed by atoms with E-state index in [4.69, 9.17) is 4.74 Å². The summed E-state index contributed by atoms with van der Waals surface area (Å²) in [5, 5.41) is 3.04. The summed E-state index contributed by atoms with van der Waals surface area (Å²) in [7, 11) is 1.86. The minimum Gasteiger partial charge on any atom is -0.372 e. The van der Waals surface area contributed by atoms with Crippen molar-refractivity contribution in [2.75, 3.05) is 19.0 Å². The standard InChI is InChI=1S/C9H12IN3O/c1-11-8-6(10)5-12-9(13-8)7-3-2-4-14-7/h5,7H,2-4H2,1H3,(H,11,12,13). The monoisotopic (exact) mass is 305 g/mol. The van der Waals surface area contributed by atoms with Crippen LogP contribution in [0.5, 0.6) is 0 Å². The molecule has 1 saturated heterocycles. The van der Waals surface area contributed by atoms with Crippen LogP contribution in [-0.2, 0) is 4.74 Å². The summed E-state index contributed by atoms with van der Waals surface area (Å²) in [5.74, 6) is 1.68. The van der Waals surface area contributed by atoms with Gasteiger partial charge < -0.3 is 10.1 Å². The lowest BCUT2D eigenvalue weighted by Gasteiger charge is -2.09. The van der Waals surface area contributed by atoms with Crippen molar-refractivity contribution in [3.05, 3.63) is 15.6 Å². The predicted molar refractivity (Wildman–Crippen MR) is 62.2 cm³/mol. The molecule has 0 aromatic carbocycles. The Morgan fingerprint density at radius 1 is 1.64 bits per heavy atom. The Bertz CT molecular complexity index is 326. The summed E-state index contributed by atoms with van der Waals surface area (Å²) in [4.78, 5) is 8.70. The van der Waals surface area contributed by atoms with Crippen LogP contribution < -0.4 is 5.32 Å². The first-order valence-electron chi connectivity index (χ1n) is 4.63. The minimum atomic E-state index is 0.0964. The number of hydrogen-bond acceptors (Lipinski definition) is 4. The topological polar surface area (TPSA) is 47.0 Å². The van der Waals surface area contributed by atoms with E-state index < -0.39 is 0 Å². The minimum absolute atomic E-state index is 0.0964. The molecule has 0 bridgehead atoms. The first-order chi connectivity index (χ1) is 6.81. The van der Waals surface area contributed by atoms with Crippen LogP contribution in [0, 0.1) is 3.57 Å². The molecule has 5 heteroatoms. The molecule has 0 radical (unpaired) electrons. The van der Waals surface area contributed by atoms with Crippen molar-refractivity contribution in [1.29, 1.82) is 0 Å². The van der Waals surface area contributed by atoms with Crippen LogP contribution in [0.4, 0.5) is 5.82 Å². The lowest BCUT2D eigenvalue weighted by atomic mass is 10.2. The van der Waals surface area contributed by atoms with Gasteiger partial charge in [0.25, 0.3) is 0 Å². The van der Waals surface area contributed by atoms with Crippen LogP contribution in [0.2, 0.25) is 0 Å². The molecule has 1 atom stereocenters. The molecule has 1 aromatic rings. The molecule has 2 rings (SSSR count). The molecule has 1 unspecified atom stereocenters. The summed E-state index contributed by atoms with van der Waals surface area (Å²) in [6, 6.07) is 0. The number of nitrogens with zero attached hydrogens (tertiary/aromatic N) is 2. The molecular formula is C9H12IN3O. The van der Waals surface area contributed by atoms with Crippen molar-refractivity contribution in [2.24, 2.45) is 0 Å². The SMILES string of the molecule is CNc1nc(C2CCCO2)ncc1I. The van der Waals surface area contributed by atoms with Crippen molar-refractivity contribution in [1.82, 2.24) is 9.97 Å². The van der Waals surface area contributed by atoms with Gasteiger partial charge in [0, 0.05) is 19.9 Å². The number of anilines is 1. The molecule has 0 aliphatic carbocycles. The number of halogens is 1. The summed E-state index contributed by atoms with van der Waals surface area (Å²) >= 11 is 2.21. The van der Waals surface area contributed by atoms with E-state index in [9.17, 15) is 0 Å². The maximum Gasteiger partial charge on any atom is 0.159 e. The third-order valence-corrected chi connectivity index (χ3v) is 3.01. The molecule has 76 valence electrons. The fraction of sp³-hybridized carbons (Fsp3) is 0.556. The van der Waals surface area contributed by atoms with Crippen molar-refractivity contribution in [2.45, 2.75) is 18.9 Å². The van der Waals surface area contributed by atoms with E-state index in [-0.39, 0.29) is 6.10 Å². The van der Waals surface area contributed by atoms with Crippen LogP contribution in [0.25, 0.3) is 0 Å². The van der Waals surface area contributed by atoms with Crippen LogP contribution in [0.3, 0.4) is 0 Å². The Morgan fingerprint density at radius 2 is 2.50 bits per heavy atom. The smallest absolute Gasteiger partial charge is 0.159 e. The highest BCUT2D eigenvalue weighted by Gasteiger charge is 2.20. The Balaban J connectivity index is 2.25. The van der Waals surface area contributed by atoms with Crippen LogP contribution >= 0.6 is 22.6 Å². The van der Waals surface area contributed by atoms with E-state index in [1.807, 2.05) is 13.2 Å². The predicted octanol–water partition coefficient (Wildman–Crippen LogP) is 1.97. The zero-order valence-electron chi connectivity index (χ0n) is 7.96. The van der Waals surface area contributed by atoms with E-state index in [2.05, 4.69) is 37.9 Å². The normalized spacial score (nSPS) is 21.1. The highest BCUT2D eigenvalue weighted by Crippen LogP contribution is 2.27. The van der Waals surface area contributed by atoms with Gasteiger partial charge >= 0.3 is 0 Å². The zero-order valence-corrected chi connectivity index (χ0v) is 10.1. The van der Waals surface area contributed by atoms with Crippen molar-refractivity contribution >= 4 is 28.4 Å². The average molecular weight is 305 g/mol. The first kappa shape index (κ1) is 10.1. The zero-order chi connectivity index (χ0) is 9.97. The number of ether oxygens (including phenoxy) is 1. The molecule has 1 aromatic heterocycles. The van der Waals surface area contributed by atoms with Gasteiger partial charge in [-0.25, -0.2) is 9.97 Å². The molecule has 1 aliphatic rings. The van der Waals surface area contributed by atoms with Gasteiger partial charge in [0.15, 0.2) is 5.82 Å².